The molecule has 1 unspecified atom stereocenters. The largest absolute Gasteiger partial charge is 0.481 e. The molecule has 1 aromatic heterocycles. The number of benzene rings is 1. The zero-order chi connectivity index (χ0) is 18.4. The van der Waals surface area contributed by atoms with E-state index in [1.165, 1.54) is 0 Å². The molecule has 0 fully saturated rings. The molecular formula is C19H25N3O3. The molecule has 1 heterocycles. The molecule has 134 valence electrons. The molecule has 6 heteroatoms. The number of carboxylic acids is 1. The number of hydrogen-bond donors (Lipinski definition) is 3. The van der Waals surface area contributed by atoms with Crippen LogP contribution in [0.25, 0.3) is 0 Å². The van der Waals surface area contributed by atoms with Crippen LogP contribution in [0.5, 0.6) is 0 Å². The van der Waals surface area contributed by atoms with Gasteiger partial charge in [0, 0.05) is 23.6 Å². The lowest BCUT2D eigenvalue weighted by Gasteiger charge is -2.17. The number of aromatic amines is 1. The highest BCUT2D eigenvalue weighted by Crippen LogP contribution is 2.20. The number of nitrogens with one attached hydrogen (secondary N) is 2. The number of aromatic nitrogens is 2. The van der Waals surface area contributed by atoms with Crippen LogP contribution in [0, 0.1) is 0 Å². The third-order valence-electron chi connectivity index (χ3n) is 3.99. The summed E-state index contributed by atoms with van der Waals surface area (Å²) in [5.41, 5.74) is 2.12. The lowest BCUT2D eigenvalue weighted by molar-refractivity contribution is -0.137. The van der Waals surface area contributed by atoms with Crippen LogP contribution >= 0.6 is 0 Å². The van der Waals surface area contributed by atoms with E-state index in [4.69, 9.17) is 5.11 Å². The summed E-state index contributed by atoms with van der Waals surface area (Å²) in [5, 5.41) is 18.8. The third kappa shape index (κ3) is 5.74. The Kier molecular flexibility index (Phi) is 5.96. The Morgan fingerprint density at radius 1 is 1.24 bits per heavy atom. The molecule has 0 aliphatic heterocycles. The Morgan fingerprint density at radius 2 is 1.92 bits per heavy atom. The number of rotatable bonds is 7. The molecule has 2 rings (SSSR count). The van der Waals surface area contributed by atoms with Crippen LogP contribution in [-0.2, 0) is 16.6 Å². The number of carbonyl (C=O) groups excluding carboxylic acids is 1. The number of H-pyrrole nitrogens is 1. The molecule has 3 N–H and O–H groups in total. The maximum atomic E-state index is 12.5. The average Bonchev–Trinajstić information content (AvgIpc) is 3.04. The van der Waals surface area contributed by atoms with Gasteiger partial charge in [-0.05, 0) is 24.5 Å². The monoisotopic (exact) mass is 343 g/mol. The summed E-state index contributed by atoms with van der Waals surface area (Å²) in [5.74, 6) is -1.17. The fourth-order valence-electron chi connectivity index (χ4n) is 2.50. The third-order valence-corrected chi connectivity index (χ3v) is 3.99. The van der Waals surface area contributed by atoms with Gasteiger partial charge in [-0.1, -0.05) is 51.1 Å². The second kappa shape index (κ2) is 7.96. The summed E-state index contributed by atoms with van der Waals surface area (Å²) in [4.78, 5) is 23.4. The molecule has 6 nitrogen and oxygen atoms in total. The fraction of sp³-hybridized carbons (Fsp3) is 0.421. The summed E-state index contributed by atoms with van der Waals surface area (Å²) in [6.45, 7) is 6.10. The van der Waals surface area contributed by atoms with Gasteiger partial charge >= 0.3 is 5.97 Å². The average molecular weight is 343 g/mol. The van der Waals surface area contributed by atoms with Gasteiger partial charge < -0.3 is 10.4 Å². The van der Waals surface area contributed by atoms with Crippen molar-refractivity contribution in [2.24, 2.45) is 0 Å². The van der Waals surface area contributed by atoms with Crippen LogP contribution in [0.2, 0.25) is 0 Å². The second-order valence-corrected chi connectivity index (χ2v) is 7.21. The summed E-state index contributed by atoms with van der Waals surface area (Å²) in [6.07, 6.45) is 0.953. The predicted octanol–water partition coefficient (Wildman–Crippen LogP) is 2.91. The summed E-state index contributed by atoms with van der Waals surface area (Å²) >= 11 is 0. The zero-order valence-electron chi connectivity index (χ0n) is 14.9. The minimum Gasteiger partial charge on any atom is -0.481 e. The summed E-state index contributed by atoms with van der Waals surface area (Å²) < 4.78 is 0. The number of carboxylic acid groups (broad SMARTS) is 1. The van der Waals surface area contributed by atoms with Crippen LogP contribution < -0.4 is 5.32 Å². The van der Waals surface area contributed by atoms with Gasteiger partial charge in [0.15, 0.2) is 0 Å². The van der Waals surface area contributed by atoms with Crippen LogP contribution in [0.15, 0.2) is 36.4 Å². The van der Waals surface area contributed by atoms with Gasteiger partial charge in [0.2, 0.25) is 0 Å². The van der Waals surface area contributed by atoms with Crippen LogP contribution in [0.1, 0.15) is 55.4 Å². The van der Waals surface area contributed by atoms with E-state index in [-0.39, 0.29) is 23.8 Å². The van der Waals surface area contributed by atoms with E-state index in [0.717, 1.165) is 11.3 Å². The Labute approximate surface area is 147 Å². The highest BCUT2D eigenvalue weighted by atomic mass is 16.4. The first-order valence-electron chi connectivity index (χ1n) is 8.38. The molecule has 0 aliphatic rings. The minimum atomic E-state index is -0.873. The number of hydrogen-bond acceptors (Lipinski definition) is 3. The van der Waals surface area contributed by atoms with Crippen LogP contribution in [0.3, 0.4) is 0 Å². The molecule has 0 spiro atoms. The lowest BCUT2D eigenvalue weighted by Crippen LogP contribution is -2.37. The standard InChI is InChI=1S/C19H25N3O3/c1-19(2,3)16-12-15(21-22-16)18(25)20-14(9-10-17(23)24)11-13-7-5-4-6-8-13/h4-8,12,14H,9-11H2,1-3H3,(H,20,25)(H,21,22)(H,23,24). The maximum Gasteiger partial charge on any atom is 0.303 e. The highest BCUT2D eigenvalue weighted by molar-refractivity contribution is 5.92. The summed E-state index contributed by atoms with van der Waals surface area (Å²) in [7, 11) is 0. The fourth-order valence-corrected chi connectivity index (χ4v) is 2.50. The van der Waals surface area contributed by atoms with Gasteiger partial charge in [0.1, 0.15) is 5.69 Å². The van der Waals surface area contributed by atoms with Crippen molar-refractivity contribution in [3.63, 3.8) is 0 Å². The SMILES string of the molecule is CC(C)(C)c1cc(C(=O)NC(CCC(=O)O)Cc2ccccc2)n[nH]1. The van der Waals surface area contributed by atoms with Gasteiger partial charge in [-0.3, -0.25) is 14.7 Å². The normalized spacial score (nSPS) is 12.6. The molecule has 25 heavy (non-hydrogen) atoms. The van der Waals surface area contributed by atoms with E-state index in [1.807, 2.05) is 51.1 Å². The topological polar surface area (TPSA) is 95.1 Å². The lowest BCUT2D eigenvalue weighted by atomic mass is 9.92. The van der Waals surface area contributed by atoms with Crippen LogP contribution in [0.4, 0.5) is 0 Å². The van der Waals surface area contributed by atoms with Crippen molar-refractivity contribution >= 4 is 11.9 Å². The van der Waals surface area contributed by atoms with E-state index in [2.05, 4.69) is 15.5 Å². The first-order valence-corrected chi connectivity index (χ1v) is 8.38. The van der Waals surface area contributed by atoms with Crippen molar-refractivity contribution in [3.8, 4) is 0 Å². The van der Waals surface area contributed by atoms with E-state index < -0.39 is 5.97 Å². The van der Waals surface area contributed by atoms with Gasteiger partial charge in [-0.2, -0.15) is 5.10 Å². The Balaban J connectivity index is 2.07. The van der Waals surface area contributed by atoms with E-state index >= 15 is 0 Å². The number of carbonyl (C=O) groups is 2. The minimum absolute atomic E-state index is 0.00554. The highest BCUT2D eigenvalue weighted by Gasteiger charge is 2.21. The molecule has 0 radical (unpaired) electrons. The predicted molar refractivity (Wildman–Crippen MR) is 95.6 cm³/mol. The molecule has 0 saturated carbocycles. The number of aliphatic carboxylic acids is 1. The molecule has 1 amide bonds. The second-order valence-electron chi connectivity index (χ2n) is 7.21. The zero-order valence-corrected chi connectivity index (χ0v) is 14.9. The summed E-state index contributed by atoms with van der Waals surface area (Å²) in [6, 6.07) is 11.2. The van der Waals surface area contributed by atoms with E-state index in [9.17, 15) is 9.59 Å². The Morgan fingerprint density at radius 3 is 2.48 bits per heavy atom. The van der Waals surface area contributed by atoms with Gasteiger partial charge in [0.25, 0.3) is 5.91 Å². The van der Waals surface area contributed by atoms with Crippen molar-refractivity contribution < 1.29 is 14.7 Å². The molecule has 0 saturated heterocycles. The van der Waals surface area contributed by atoms with Crippen molar-refractivity contribution in [3.05, 3.63) is 53.3 Å². The first-order chi connectivity index (χ1) is 11.8. The Bertz CT molecular complexity index is 717. The van der Waals surface area contributed by atoms with E-state index in [1.54, 1.807) is 6.07 Å². The van der Waals surface area contributed by atoms with Crippen LogP contribution in [-0.4, -0.2) is 33.2 Å². The van der Waals surface area contributed by atoms with Gasteiger partial charge in [-0.15, -0.1) is 0 Å². The molecule has 2 aromatic rings. The number of amides is 1. The smallest absolute Gasteiger partial charge is 0.303 e. The Hall–Kier alpha value is -2.63. The maximum absolute atomic E-state index is 12.5. The van der Waals surface area contributed by atoms with Crippen molar-refractivity contribution in [1.29, 1.82) is 0 Å². The van der Waals surface area contributed by atoms with Crippen molar-refractivity contribution in [2.75, 3.05) is 0 Å². The molecule has 1 aromatic carbocycles. The van der Waals surface area contributed by atoms with Crippen molar-refractivity contribution in [1.82, 2.24) is 15.5 Å². The molecule has 0 bridgehead atoms. The molecule has 0 aliphatic carbocycles. The van der Waals surface area contributed by atoms with Gasteiger partial charge in [0.05, 0.1) is 0 Å². The molecular weight excluding hydrogens is 318 g/mol. The van der Waals surface area contributed by atoms with Crippen molar-refractivity contribution in [2.45, 2.75) is 51.5 Å². The molecule has 1 atom stereocenters. The van der Waals surface area contributed by atoms with Gasteiger partial charge in [-0.25, -0.2) is 0 Å². The number of nitrogens with zero attached hydrogens (tertiary/aromatic N) is 1. The first kappa shape index (κ1) is 18.7. The van der Waals surface area contributed by atoms with E-state index in [0.29, 0.717) is 18.5 Å². The quantitative estimate of drug-likeness (QED) is 0.720.